The van der Waals surface area contributed by atoms with Crippen LogP contribution in [0.25, 0.3) is 11.3 Å². The molecule has 0 atom stereocenters. The molecule has 1 heterocycles. The molecule has 0 aliphatic heterocycles. The number of hydrogen-bond acceptors (Lipinski definition) is 3. The molecular formula is C14H12N2O2S. The SMILES string of the molecule is O=C(O)c1cc(-c2ccc(C#CCCS)cc2)n[nH]1. The van der Waals surface area contributed by atoms with E-state index in [4.69, 9.17) is 5.11 Å². The molecule has 0 amide bonds. The summed E-state index contributed by atoms with van der Waals surface area (Å²) in [4.78, 5) is 10.8. The van der Waals surface area contributed by atoms with Crippen LogP contribution in [-0.4, -0.2) is 27.0 Å². The fourth-order valence-corrected chi connectivity index (χ4v) is 1.64. The molecule has 0 unspecified atom stereocenters. The van der Waals surface area contributed by atoms with E-state index in [1.165, 1.54) is 6.07 Å². The Bertz CT molecular complexity index is 635. The fraction of sp³-hybridized carbons (Fsp3) is 0.143. The molecule has 0 saturated heterocycles. The first-order valence-electron chi connectivity index (χ1n) is 5.69. The molecule has 0 aliphatic rings. The molecule has 1 aromatic heterocycles. The average Bonchev–Trinajstić information content (AvgIpc) is 2.90. The Morgan fingerprint density at radius 2 is 2.11 bits per heavy atom. The van der Waals surface area contributed by atoms with Crippen LogP contribution >= 0.6 is 12.6 Å². The van der Waals surface area contributed by atoms with Gasteiger partial charge in [-0.1, -0.05) is 24.0 Å². The minimum Gasteiger partial charge on any atom is -0.477 e. The van der Waals surface area contributed by atoms with Gasteiger partial charge in [-0.25, -0.2) is 4.79 Å². The summed E-state index contributed by atoms with van der Waals surface area (Å²) in [6.45, 7) is 0. The number of nitrogens with one attached hydrogen (secondary N) is 1. The predicted octanol–water partition coefficient (Wildman–Crippen LogP) is 2.45. The molecule has 0 spiro atoms. The maximum atomic E-state index is 10.8. The average molecular weight is 272 g/mol. The standard InChI is InChI=1S/C14H12N2O2S/c17-14(18)13-9-12(15-16-13)11-6-4-10(5-7-11)3-1-2-8-19/h4-7,9,19H,2,8H2,(H,15,16)(H,17,18). The van der Waals surface area contributed by atoms with Crippen LogP contribution in [0, 0.1) is 11.8 Å². The molecular weight excluding hydrogens is 260 g/mol. The zero-order chi connectivity index (χ0) is 13.7. The highest BCUT2D eigenvalue weighted by Crippen LogP contribution is 2.18. The predicted molar refractivity (Wildman–Crippen MR) is 76.3 cm³/mol. The summed E-state index contributed by atoms with van der Waals surface area (Å²) >= 11 is 4.09. The highest BCUT2D eigenvalue weighted by atomic mass is 32.1. The molecule has 5 heteroatoms. The number of aromatic amines is 1. The van der Waals surface area contributed by atoms with Gasteiger partial charge in [0.1, 0.15) is 5.69 Å². The van der Waals surface area contributed by atoms with E-state index in [1.807, 2.05) is 24.3 Å². The summed E-state index contributed by atoms with van der Waals surface area (Å²) in [7, 11) is 0. The van der Waals surface area contributed by atoms with Crippen LogP contribution in [0.2, 0.25) is 0 Å². The van der Waals surface area contributed by atoms with E-state index >= 15 is 0 Å². The van der Waals surface area contributed by atoms with Gasteiger partial charge < -0.3 is 5.11 Å². The molecule has 4 nitrogen and oxygen atoms in total. The molecule has 0 fully saturated rings. The van der Waals surface area contributed by atoms with Crippen molar-refractivity contribution in [3.63, 3.8) is 0 Å². The highest BCUT2D eigenvalue weighted by Gasteiger charge is 2.08. The summed E-state index contributed by atoms with van der Waals surface area (Å²) < 4.78 is 0. The van der Waals surface area contributed by atoms with Gasteiger partial charge in [0.15, 0.2) is 0 Å². The summed E-state index contributed by atoms with van der Waals surface area (Å²) in [5.41, 5.74) is 2.45. The van der Waals surface area contributed by atoms with Crippen molar-refractivity contribution < 1.29 is 9.90 Å². The second-order valence-electron chi connectivity index (χ2n) is 3.82. The third-order valence-electron chi connectivity index (χ3n) is 2.46. The lowest BCUT2D eigenvalue weighted by Crippen LogP contribution is -1.95. The van der Waals surface area contributed by atoms with Gasteiger partial charge >= 0.3 is 5.97 Å². The second kappa shape index (κ2) is 6.12. The molecule has 0 bridgehead atoms. The van der Waals surface area contributed by atoms with E-state index in [2.05, 4.69) is 34.7 Å². The first-order valence-corrected chi connectivity index (χ1v) is 6.33. The number of thiol groups is 1. The van der Waals surface area contributed by atoms with Crippen LogP contribution < -0.4 is 0 Å². The number of H-pyrrole nitrogens is 1. The van der Waals surface area contributed by atoms with E-state index in [1.54, 1.807) is 0 Å². The fourth-order valence-electron chi connectivity index (χ4n) is 1.52. The number of carboxylic acid groups (broad SMARTS) is 1. The van der Waals surface area contributed by atoms with Gasteiger partial charge in [-0.15, -0.1) is 0 Å². The van der Waals surface area contributed by atoms with Crippen molar-refractivity contribution in [2.75, 3.05) is 5.75 Å². The van der Waals surface area contributed by atoms with Crippen LogP contribution in [0.5, 0.6) is 0 Å². The molecule has 0 radical (unpaired) electrons. The van der Waals surface area contributed by atoms with Crippen LogP contribution in [0.4, 0.5) is 0 Å². The van der Waals surface area contributed by atoms with Crippen LogP contribution in [-0.2, 0) is 0 Å². The van der Waals surface area contributed by atoms with Gasteiger partial charge in [0.2, 0.25) is 0 Å². The number of carboxylic acids is 1. The largest absolute Gasteiger partial charge is 0.477 e. The Labute approximate surface area is 116 Å². The van der Waals surface area contributed by atoms with Crippen LogP contribution in [0.1, 0.15) is 22.5 Å². The Balaban J connectivity index is 2.18. The normalized spacial score (nSPS) is 9.74. The van der Waals surface area contributed by atoms with Crippen molar-refractivity contribution in [3.05, 3.63) is 41.6 Å². The van der Waals surface area contributed by atoms with Gasteiger partial charge in [-0.2, -0.15) is 17.7 Å². The lowest BCUT2D eigenvalue weighted by atomic mass is 10.1. The monoisotopic (exact) mass is 272 g/mol. The number of aromatic carboxylic acids is 1. The molecule has 0 aliphatic carbocycles. The zero-order valence-electron chi connectivity index (χ0n) is 10.1. The Morgan fingerprint density at radius 3 is 2.68 bits per heavy atom. The Kier molecular flexibility index (Phi) is 4.26. The van der Waals surface area contributed by atoms with Gasteiger partial charge in [-0.3, -0.25) is 5.10 Å². The van der Waals surface area contributed by atoms with Gasteiger partial charge in [0.25, 0.3) is 0 Å². The zero-order valence-corrected chi connectivity index (χ0v) is 10.9. The minimum absolute atomic E-state index is 0.0765. The lowest BCUT2D eigenvalue weighted by molar-refractivity contribution is 0.0690. The minimum atomic E-state index is -1.02. The lowest BCUT2D eigenvalue weighted by Gasteiger charge is -1.96. The topological polar surface area (TPSA) is 66.0 Å². The summed E-state index contributed by atoms with van der Waals surface area (Å²) in [6, 6.07) is 9.01. The van der Waals surface area contributed by atoms with Crippen molar-refractivity contribution >= 4 is 18.6 Å². The molecule has 2 aromatic rings. The van der Waals surface area contributed by atoms with E-state index in [9.17, 15) is 4.79 Å². The number of benzene rings is 1. The third kappa shape index (κ3) is 3.39. The number of hydrogen-bond donors (Lipinski definition) is 3. The van der Waals surface area contributed by atoms with E-state index in [0.29, 0.717) is 5.69 Å². The third-order valence-corrected chi connectivity index (χ3v) is 2.68. The number of carbonyl (C=O) groups is 1. The summed E-state index contributed by atoms with van der Waals surface area (Å²) in [6.07, 6.45) is 0.756. The number of rotatable bonds is 3. The van der Waals surface area contributed by atoms with E-state index in [-0.39, 0.29) is 5.69 Å². The number of aromatic nitrogens is 2. The maximum Gasteiger partial charge on any atom is 0.353 e. The van der Waals surface area contributed by atoms with Crippen molar-refractivity contribution in [2.45, 2.75) is 6.42 Å². The maximum absolute atomic E-state index is 10.8. The van der Waals surface area contributed by atoms with Crippen molar-refractivity contribution in [3.8, 4) is 23.1 Å². The summed E-state index contributed by atoms with van der Waals surface area (Å²) in [5, 5.41) is 15.2. The molecule has 96 valence electrons. The Hall–Kier alpha value is -2.19. The quantitative estimate of drug-likeness (QED) is 0.594. The van der Waals surface area contributed by atoms with Crippen molar-refractivity contribution in [2.24, 2.45) is 0 Å². The second-order valence-corrected chi connectivity index (χ2v) is 4.27. The van der Waals surface area contributed by atoms with Crippen molar-refractivity contribution in [1.29, 1.82) is 0 Å². The highest BCUT2D eigenvalue weighted by molar-refractivity contribution is 7.80. The first-order chi connectivity index (χ1) is 9.20. The summed E-state index contributed by atoms with van der Waals surface area (Å²) in [5.74, 6) is 5.76. The van der Waals surface area contributed by atoms with E-state index in [0.717, 1.165) is 23.3 Å². The van der Waals surface area contributed by atoms with Gasteiger partial charge in [0.05, 0.1) is 5.69 Å². The smallest absolute Gasteiger partial charge is 0.353 e. The van der Waals surface area contributed by atoms with E-state index < -0.39 is 5.97 Å². The van der Waals surface area contributed by atoms with Gasteiger partial charge in [-0.05, 0) is 18.2 Å². The Morgan fingerprint density at radius 1 is 1.37 bits per heavy atom. The molecule has 2 N–H and O–H groups in total. The molecule has 0 saturated carbocycles. The number of nitrogens with zero attached hydrogens (tertiary/aromatic N) is 1. The molecule has 2 rings (SSSR count). The van der Waals surface area contributed by atoms with Crippen LogP contribution in [0.3, 0.4) is 0 Å². The molecule has 1 aromatic carbocycles. The van der Waals surface area contributed by atoms with Crippen LogP contribution in [0.15, 0.2) is 30.3 Å². The first kappa shape index (κ1) is 13.2. The van der Waals surface area contributed by atoms with Crippen molar-refractivity contribution in [1.82, 2.24) is 10.2 Å². The molecule has 19 heavy (non-hydrogen) atoms. The van der Waals surface area contributed by atoms with Gasteiger partial charge in [0, 0.05) is 23.3 Å².